The Hall–Kier alpha value is -1.70. The van der Waals surface area contributed by atoms with Crippen LogP contribution in [-0.4, -0.2) is 74.5 Å². The molecule has 3 rings (SSSR count). The summed E-state index contributed by atoms with van der Waals surface area (Å²) in [5.41, 5.74) is 1.15. The molecule has 0 spiro atoms. The van der Waals surface area contributed by atoms with E-state index in [-0.39, 0.29) is 0 Å². The van der Waals surface area contributed by atoms with Gasteiger partial charge < -0.3 is 20.1 Å². The van der Waals surface area contributed by atoms with Gasteiger partial charge in [0.2, 0.25) is 0 Å². The third kappa shape index (κ3) is 8.28. The number of aliphatic imine (C=N–C) groups is 1. The molecule has 1 aromatic rings. The van der Waals surface area contributed by atoms with Gasteiger partial charge in [0.25, 0.3) is 0 Å². The summed E-state index contributed by atoms with van der Waals surface area (Å²) in [7, 11) is 0. The fraction of sp³-hybridized carbons (Fsp3) is 0.727. The van der Waals surface area contributed by atoms with Gasteiger partial charge in [0, 0.05) is 64.1 Å². The average molecular weight is 404 g/mol. The maximum Gasteiger partial charge on any atom is 0.191 e. The lowest BCUT2D eigenvalue weighted by Gasteiger charge is -2.32. The lowest BCUT2D eigenvalue weighted by atomic mass is 10.0. The van der Waals surface area contributed by atoms with Gasteiger partial charge in [-0.1, -0.05) is 6.07 Å². The number of aromatic nitrogens is 1. The van der Waals surface area contributed by atoms with Gasteiger partial charge in [-0.25, -0.2) is 0 Å². The second kappa shape index (κ2) is 12.8. The summed E-state index contributed by atoms with van der Waals surface area (Å²) in [6.07, 6.45) is 6.21. The van der Waals surface area contributed by atoms with Gasteiger partial charge >= 0.3 is 0 Å². The zero-order valence-electron chi connectivity index (χ0n) is 17.8. The van der Waals surface area contributed by atoms with E-state index in [2.05, 4.69) is 39.6 Å². The summed E-state index contributed by atoms with van der Waals surface area (Å²) >= 11 is 0. The number of ether oxygens (including phenoxy) is 2. The van der Waals surface area contributed by atoms with Crippen LogP contribution < -0.4 is 10.6 Å². The van der Waals surface area contributed by atoms with Gasteiger partial charge in [-0.2, -0.15) is 0 Å². The number of nitrogens with one attached hydrogen (secondary N) is 2. The van der Waals surface area contributed by atoms with E-state index in [9.17, 15) is 0 Å². The highest BCUT2D eigenvalue weighted by molar-refractivity contribution is 5.80. The molecular formula is C22H37N5O2. The molecule has 2 aliphatic heterocycles. The fourth-order valence-corrected chi connectivity index (χ4v) is 3.79. The van der Waals surface area contributed by atoms with Crippen molar-refractivity contribution in [2.45, 2.75) is 45.2 Å². The Kier molecular flexibility index (Phi) is 9.69. The number of nitrogens with zero attached hydrogens (tertiary/aromatic N) is 3. The maximum absolute atomic E-state index is 5.77. The number of hydrogen-bond acceptors (Lipinski definition) is 5. The number of guanidine groups is 1. The van der Waals surface area contributed by atoms with E-state index in [4.69, 9.17) is 14.5 Å². The highest BCUT2D eigenvalue weighted by Crippen LogP contribution is 2.13. The molecule has 0 amide bonds. The van der Waals surface area contributed by atoms with Crippen LogP contribution >= 0.6 is 0 Å². The minimum atomic E-state index is 0.478. The SMILES string of the molecule is CCNC(=NCCCOCC1CCOC1)NC1CCN(Cc2ccccn2)CC1. The molecule has 2 fully saturated rings. The van der Waals surface area contributed by atoms with Crippen molar-refractivity contribution in [1.82, 2.24) is 20.5 Å². The van der Waals surface area contributed by atoms with Gasteiger partial charge in [-0.3, -0.25) is 14.9 Å². The van der Waals surface area contributed by atoms with Crippen LogP contribution in [0.2, 0.25) is 0 Å². The Morgan fingerprint density at radius 3 is 2.93 bits per heavy atom. The highest BCUT2D eigenvalue weighted by atomic mass is 16.5. The molecule has 7 heteroatoms. The molecule has 0 aromatic carbocycles. The van der Waals surface area contributed by atoms with Crippen LogP contribution in [0, 0.1) is 5.92 Å². The van der Waals surface area contributed by atoms with E-state index in [1.54, 1.807) is 0 Å². The Morgan fingerprint density at radius 1 is 1.31 bits per heavy atom. The van der Waals surface area contributed by atoms with Crippen LogP contribution in [-0.2, 0) is 16.0 Å². The summed E-state index contributed by atoms with van der Waals surface area (Å²) in [4.78, 5) is 11.7. The van der Waals surface area contributed by atoms with E-state index in [0.717, 1.165) is 96.5 Å². The Bertz CT molecular complexity index is 584. The highest BCUT2D eigenvalue weighted by Gasteiger charge is 2.20. The monoisotopic (exact) mass is 403 g/mol. The summed E-state index contributed by atoms with van der Waals surface area (Å²) in [6, 6.07) is 6.61. The zero-order valence-corrected chi connectivity index (χ0v) is 17.8. The van der Waals surface area contributed by atoms with Crippen molar-refractivity contribution in [3.8, 4) is 0 Å². The minimum absolute atomic E-state index is 0.478. The maximum atomic E-state index is 5.77. The summed E-state index contributed by atoms with van der Waals surface area (Å²) in [5.74, 6) is 1.51. The first-order valence-corrected chi connectivity index (χ1v) is 11.2. The van der Waals surface area contributed by atoms with Crippen molar-refractivity contribution in [1.29, 1.82) is 0 Å². The second-order valence-electron chi connectivity index (χ2n) is 7.93. The Morgan fingerprint density at radius 2 is 2.21 bits per heavy atom. The lowest BCUT2D eigenvalue weighted by molar-refractivity contribution is 0.0893. The summed E-state index contributed by atoms with van der Waals surface area (Å²) in [5, 5.41) is 6.99. The quantitative estimate of drug-likeness (QED) is 0.354. The normalized spacial score (nSPS) is 21.4. The van der Waals surface area contributed by atoms with Crippen molar-refractivity contribution in [3.63, 3.8) is 0 Å². The first-order chi connectivity index (χ1) is 14.3. The van der Waals surface area contributed by atoms with Crippen molar-refractivity contribution in [3.05, 3.63) is 30.1 Å². The van der Waals surface area contributed by atoms with Gasteiger partial charge in [-0.15, -0.1) is 0 Å². The molecule has 0 saturated carbocycles. The number of pyridine rings is 1. The first kappa shape index (κ1) is 22.0. The molecule has 162 valence electrons. The van der Waals surface area contributed by atoms with Crippen molar-refractivity contribution in [2.24, 2.45) is 10.9 Å². The lowest BCUT2D eigenvalue weighted by Crippen LogP contribution is -2.48. The van der Waals surface area contributed by atoms with Crippen LogP contribution in [0.15, 0.2) is 29.4 Å². The number of piperidine rings is 1. The predicted molar refractivity (Wildman–Crippen MR) is 116 cm³/mol. The molecule has 29 heavy (non-hydrogen) atoms. The molecule has 1 atom stereocenters. The van der Waals surface area contributed by atoms with E-state index in [1.807, 2.05) is 12.3 Å². The fourth-order valence-electron chi connectivity index (χ4n) is 3.79. The molecule has 2 saturated heterocycles. The van der Waals surface area contributed by atoms with Crippen LogP contribution in [0.1, 0.15) is 38.3 Å². The number of likely N-dealkylation sites (tertiary alicyclic amines) is 1. The van der Waals surface area contributed by atoms with Crippen LogP contribution in [0.5, 0.6) is 0 Å². The van der Waals surface area contributed by atoms with Crippen molar-refractivity contribution < 1.29 is 9.47 Å². The first-order valence-electron chi connectivity index (χ1n) is 11.2. The van der Waals surface area contributed by atoms with Gasteiger partial charge in [0.1, 0.15) is 0 Å². The largest absolute Gasteiger partial charge is 0.381 e. The van der Waals surface area contributed by atoms with Crippen molar-refractivity contribution in [2.75, 3.05) is 52.6 Å². The van der Waals surface area contributed by atoms with Gasteiger partial charge in [0.05, 0.1) is 18.9 Å². The zero-order chi connectivity index (χ0) is 20.2. The molecule has 0 aliphatic carbocycles. The Balaban J connectivity index is 1.31. The van der Waals surface area contributed by atoms with Crippen LogP contribution in [0.3, 0.4) is 0 Å². The third-order valence-corrected chi connectivity index (χ3v) is 5.48. The summed E-state index contributed by atoms with van der Waals surface area (Å²) < 4.78 is 11.1. The second-order valence-corrected chi connectivity index (χ2v) is 7.93. The van der Waals surface area contributed by atoms with Gasteiger partial charge in [0.15, 0.2) is 5.96 Å². The molecule has 3 heterocycles. The van der Waals surface area contributed by atoms with E-state index >= 15 is 0 Å². The summed E-state index contributed by atoms with van der Waals surface area (Å²) in [6.45, 7) is 10.2. The van der Waals surface area contributed by atoms with E-state index < -0.39 is 0 Å². The predicted octanol–water partition coefficient (Wildman–Crippen LogP) is 2.04. The number of rotatable bonds is 10. The molecule has 0 radical (unpaired) electrons. The molecule has 1 aromatic heterocycles. The van der Waals surface area contributed by atoms with Crippen molar-refractivity contribution >= 4 is 5.96 Å². The average Bonchev–Trinajstić information content (AvgIpc) is 3.26. The third-order valence-electron chi connectivity index (χ3n) is 5.48. The Labute approximate surface area is 175 Å². The molecule has 7 nitrogen and oxygen atoms in total. The van der Waals surface area contributed by atoms with E-state index in [0.29, 0.717) is 12.0 Å². The van der Waals surface area contributed by atoms with Crippen LogP contribution in [0.4, 0.5) is 0 Å². The molecule has 2 aliphatic rings. The molecule has 2 N–H and O–H groups in total. The molecule has 1 unspecified atom stereocenters. The molecule has 0 bridgehead atoms. The minimum Gasteiger partial charge on any atom is -0.381 e. The smallest absolute Gasteiger partial charge is 0.191 e. The number of hydrogen-bond donors (Lipinski definition) is 2. The van der Waals surface area contributed by atoms with Crippen LogP contribution in [0.25, 0.3) is 0 Å². The standard InChI is InChI=1S/C22H37N5O2/c1-2-23-22(25-11-5-14-28-17-19-9-15-29-18-19)26-20-7-12-27(13-8-20)16-21-6-3-4-10-24-21/h3-4,6,10,19-20H,2,5,7-9,11-18H2,1H3,(H2,23,25,26). The van der Waals surface area contributed by atoms with E-state index in [1.165, 1.54) is 0 Å². The van der Waals surface area contributed by atoms with Gasteiger partial charge in [-0.05, 0) is 44.7 Å². The topological polar surface area (TPSA) is 71.0 Å². The molecular weight excluding hydrogens is 366 g/mol.